The minimum Gasteiger partial charge on any atom is -0.312 e. The van der Waals surface area contributed by atoms with Crippen molar-refractivity contribution in [2.45, 2.75) is 39.2 Å². The summed E-state index contributed by atoms with van der Waals surface area (Å²) in [7, 11) is 0. The molecule has 0 atom stereocenters. The lowest BCUT2D eigenvalue weighted by Crippen LogP contribution is -2.36. The van der Waals surface area contributed by atoms with E-state index in [-0.39, 0.29) is 15.5 Å². The number of thiophene rings is 1. The Morgan fingerprint density at radius 3 is 2.67 bits per heavy atom. The smallest absolute Gasteiger partial charge is 0.312 e. The monoisotopic (exact) mass is 326 g/mol. The number of nitrogens with one attached hydrogen (secondary N) is 1. The van der Waals surface area contributed by atoms with E-state index < -0.39 is 0 Å². The summed E-state index contributed by atoms with van der Waals surface area (Å²) in [5.41, 5.74) is 0.127. The highest BCUT2D eigenvalue weighted by Gasteiger charge is 2.14. The first-order valence-corrected chi connectivity index (χ1v) is 8.30. The Labute approximate surface area is 131 Å². The van der Waals surface area contributed by atoms with Gasteiger partial charge in [0.05, 0.1) is 9.80 Å². The van der Waals surface area contributed by atoms with Crippen LogP contribution >= 0.6 is 22.7 Å². The number of nitro groups is 1. The van der Waals surface area contributed by atoms with Gasteiger partial charge in [-0.2, -0.15) is 0 Å². The molecule has 8 heteroatoms. The fourth-order valence-electron chi connectivity index (χ4n) is 1.70. The molecule has 0 radical (unpaired) electrons. The first-order valence-electron chi connectivity index (χ1n) is 6.67. The predicted molar refractivity (Wildman–Crippen MR) is 86.0 cm³/mol. The second-order valence-electron chi connectivity index (χ2n) is 5.68. The predicted octanol–water partition coefficient (Wildman–Crippen LogP) is 3.50. The molecule has 0 spiro atoms. The fourth-order valence-corrected chi connectivity index (χ4v) is 3.45. The summed E-state index contributed by atoms with van der Waals surface area (Å²) in [6, 6.07) is 3.24. The zero-order chi connectivity index (χ0) is 15.5. The van der Waals surface area contributed by atoms with E-state index in [0.29, 0.717) is 0 Å². The highest BCUT2D eigenvalue weighted by Crippen LogP contribution is 2.34. The third kappa shape index (κ3) is 4.83. The normalized spacial score (nSPS) is 11.8. The van der Waals surface area contributed by atoms with Crippen molar-refractivity contribution < 1.29 is 4.92 Å². The van der Waals surface area contributed by atoms with Crippen LogP contribution in [-0.4, -0.2) is 27.2 Å². The van der Waals surface area contributed by atoms with Crippen LogP contribution in [0.25, 0.3) is 9.88 Å². The van der Waals surface area contributed by atoms with Gasteiger partial charge < -0.3 is 5.32 Å². The summed E-state index contributed by atoms with van der Waals surface area (Å²) in [6.45, 7) is 7.35. The van der Waals surface area contributed by atoms with Crippen LogP contribution in [0.3, 0.4) is 0 Å². The lowest BCUT2D eigenvalue weighted by molar-refractivity contribution is -0.380. The standard InChI is InChI=1S/C13H18N4O2S2/c1-13(2,3)14-8-4-5-10-15-16-12(21-10)9-6-7-11(20-9)17(18)19/h6-7,14H,4-5,8H2,1-3H3. The van der Waals surface area contributed by atoms with Gasteiger partial charge in [0.2, 0.25) is 0 Å². The first kappa shape index (κ1) is 16.0. The molecular formula is C13H18N4O2S2. The highest BCUT2D eigenvalue weighted by molar-refractivity contribution is 7.23. The maximum Gasteiger partial charge on any atom is 0.324 e. The van der Waals surface area contributed by atoms with Crippen LogP contribution in [0.15, 0.2) is 12.1 Å². The summed E-state index contributed by atoms with van der Waals surface area (Å²) in [5.74, 6) is 0. The van der Waals surface area contributed by atoms with Gasteiger partial charge >= 0.3 is 5.00 Å². The number of hydrogen-bond acceptors (Lipinski definition) is 7. The van der Waals surface area contributed by atoms with Crippen molar-refractivity contribution in [3.8, 4) is 9.88 Å². The summed E-state index contributed by atoms with van der Waals surface area (Å²) in [5, 5.41) is 24.3. The van der Waals surface area contributed by atoms with Crippen molar-refractivity contribution in [2.75, 3.05) is 6.54 Å². The van der Waals surface area contributed by atoms with Gasteiger partial charge in [-0.25, -0.2) is 0 Å². The molecule has 0 unspecified atom stereocenters. The molecule has 0 saturated carbocycles. The van der Waals surface area contributed by atoms with E-state index in [1.807, 2.05) is 0 Å². The minimum atomic E-state index is -0.381. The Bertz CT molecular complexity index is 616. The van der Waals surface area contributed by atoms with Crippen LogP contribution in [-0.2, 0) is 6.42 Å². The highest BCUT2D eigenvalue weighted by atomic mass is 32.1. The van der Waals surface area contributed by atoms with Crippen molar-refractivity contribution in [3.63, 3.8) is 0 Å². The lowest BCUT2D eigenvalue weighted by atomic mass is 10.1. The third-order valence-electron chi connectivity index (χ3n) is 2.67. The van der Waals surface area contributed by atoms with E-state index in [2.05, 4.69) is 36.3 Å². The SMILES string of the molecule is CC(C)(C)NCCCc1nnc(-c2ccc([N+](=O)[O-])s2)s1. The maximum absolute atomic E-state index is 10.7. The minimum absolute atomic E-state index is 0.127. The van der Waals surface area contributed by atoms with Crippen LogP contribution in [0.5, 0.6) is 0 Å². The Morgan fingerprint density at radius 2 is 2.05 bits per heavy atom. The maximum atomic E-state index is 10.7. The zero-order valence-corrected chi connectivity index (χ0v) is 13.9. The Hall–Kier alpha value is -1.38. The second kappa shape index (κ2) is 6.59. The topological polar surface area (TPSA) is 81.0 Å². The Kier molecular flexibility index (Phi) is 5.02. The molecule has 2 aromatic rings. The zero-order valence-electron chi connectivity index (χ0n) is 12.3. The van der Waals surface area contributed by atoms with E-state index >= 15 is 0 Å². The molecule has 0 amide bonds. The molecule has 0 aliphatic heterocycles. The average Bonchev–Trinajstić information content (AvgIpc) is 3.02. The molecule has 0 aliphatic carbocycles. The van der Waals surface area contributed by atoms with E-state index in [1.54, 1.807) is 6.07 Å². The molecule has 1 N–H and O–H groups in total. The van der Waals surface area contributed by atoms with Crippen LogP contribution in [0.2, 0.25) is 0 Å². The molecule has 0 bridgehead atoms. The van der Waals surface area contributed by atoms with Crippen molar-refractivity contribution >= 4 is 27.7 Å². The third-order valence-corrected chi connectivity index (χ3v) is 4.86. The van der Waals surface area contributed by atoms with E-state index in [9.17, 15) is 10.1 Å². The van der Waals surface area contributed by atoms with Crippen molar-refractivity contribution in [2.24, 2.45) is 0 Å². The van der Waals surface area contributed by atoms with Gasteiger partial charge in [-0.15, -0.1) is 10.2 Å². The summed E-state index contributed by atoms with van der Waals surface area (Å²) in [6.07, 6.45) is 1.87. The van der Waals surface area contributed by atoms with Crippen molar-refractivity contribution in [1.29, 1.82) is 0 Å². The van der Waals surface area contributed by atoms with Crippen LogP contribution in [0, 0.1) is 10.1 Å². The van der Waals surface area contributed by atoms with E-state index in [0.717, 1.165) is 45.6 Å². The second-order valence-corrected chi connectivity index (χ2v) is 7.80. The molecule has 0 fully saturated rings. The van der Waals surface area contributed by atoms with Gasteiger partial charge in [-0.3, -0.25) is 10.1 Å². The van der Waals surface area contributed by atoms with Crippen molar-refractivity contribution in [3.05, 3.63) is 27.3 Å². The molecular weight excluding hydrogens is 308 g/mol. The van der Waals surface area contributed by atoms with Crippen LogP contribution < -0.4 is 5.32 Å². The van der Waals surface area contributed by atoms with Crippen molar-refractivity contribution in [1.82, 2.24) is 15.5 Å². The lowest BCUT2D eigenvalue weighted by Gasteiger charge is -2.20. The molecule has 0 aromatic carbocycles. The number of rotatable bonds is 6. The summed E-state index contributed by atoms with van der Waals surface area (Å²) >= 11 is 2.64. The first-order chi connectivity index (χ1) is 9.85. The van der Waals surface area contributed by atoms with Crippen LogP contribution in [0.1, 0.15) is 32.2 Å². The van der Waals surface area contributed by atoms with Gasteiger partial charge in [0.25, 0.3) is 0 Å². The number of aryl methyl sites for hydroxylation is 1. The Balaban J connectivity index is 1.90. The molecule has 114 valence electrons. The molecule has 0 aliphatic rings. The number of hydrogen-bond donors (Lipinski definition) is 1. The van der Waals surface area contributed by atoms with E-state index in [4.69, 9.17) is 0 Å². The Morgan fingerprint density at radius 1 is 1.29 bits per heavy atom. The average molecular weight is 326 g/mol. The molecule has 2 aromatic heterocycles. The molecule has 2 heterocycles. The fraction of sp³-hybridized carbons (Fsp3) is 0.538. The summed E-state index contributed by atoms with van der Waals surface area (Å²) in [4.78, 5) is 11.1. The van der Waals surface area contributed by atoms with Gasteiger partial charge in [-0.05, 0) is 39.8 Å². The van der Waals surface area contributed by atoms with Gasteiger partial charge in [0, 0.05) is 18.0 Å². The molecule has 0 saturated heterocycles. The molecule has 21 heavy (non-hydrogen) atoms. The number of nitrogens with zero attached hydrogens (tertiary/aromatic N) is 3. The molecule has 2 rings (SSSR count). The number of aromatic nitrogens is 2. The van der Waals surface area contributed by atoms with Gasteiger partial charge in [-0.1, -0.05) is 22.7 Å². The molecule has 6 nitrogen and oxygen atoms in total. The largest absolute Gasteiger partial charge is 0.324 e. The van der Waals surface area contributed by atoms with E-state index in [1.165, 1.54) is 17.4 Å². The summed E-state index contributed by atoms with van der Waals surface area (Å²) < 4.78 is 0. The van der Waals surface area contributed by atoms with Gasteiger partial charge in [0.15, 0.2) is 5.01 Å². The van der Waals surface area contributed by atoms with Gasteiger partial charge in [0.1, 0.15) is 5.01 Å². The quantitative estimate of drug-likeness (QED) is 0.499. The van der Waals surface area contributed by atoms with Crippen LogP contribution in [0.4, 0.5) is 5.00 Å².